The lowest BCUT2D eigenvalue weighted by Crippen LogP contribution is -2.15. The largest absolute Gasteiger partial charge is 0.493 e. The van der Waals surface area contributed by atoms with E-state index in [9.17, 15) is 9.59 Å². The van der Waals surface area contributed by atoms with Crippen molar-refractivity contribution in [1.29, 1.82) is 0 Å². The first-order valence-electron chi connectivity index (χ1n) is 12.5. The number of ether oxygens (including phenoxy) is 2. The Bertz CT molecular complexity index is 1050. The van der Waals surface area contributed by atoms with E-state index in [2.05, 4.69) is 38.3 Å². The molecule has 2 amide bonds. The number of rotatable bonds is 12. The highest BCUT2D eigenvalue weighted by atomic mass is 16.5. The summed E-state index contributed by atoms with van der Waals surface area (Å²) in [5.74, 6) is 1.67. The molecule has 0 radical (unpaired) electrons. The van der Waals surface area contributed by atoms with Crippen LogP contribution in [-0.4, -0.2) is 25.0 Å². The maximum Gasteiger partial charge on any atom is 0.259 e. The Kier molecular flexibility index (Phi) is 9.92. The van der Waals surface area contributed by atoms with Gasteiger partial charge in [0.1, 0.15) is 11.5 Å². The van der Waals surface area contributed by atoms with Crippen LogP contribution in [-0.2, 0) is 0 Å². The lowest BCUT2D eigenvalue weighted by molar-refractivity contribution is 0.101. The molecule has 0 aromatic heterocycles. The highest BCUT2D eigenvalue weighted by Crippen LogP contribution is 2.23. The minimum absolute atomic E-state index is 0.251. The van der Waals surface area contributed by atoms with Crippen LogP contribution in [0.25, 0.3) is 0 Å². The van der Waals surface area contributed by atoms with E-state index in [-0.39, 0.29) is 11.8 Å². The number of carbonyl (C=O) groups excluding carboxylic acids is 2. The predicted molar refractivity (Wildman–Crippen MR) is 145 cm³/mol. The number of para-hydroxylation sites is 2. The van der Waals surface area contributed by atoms with Gasteiger partial charge in [0.05, 0.1) is 24.3 Å². The average molecular weight is 489 g/mol. The van der Waals surface area contributed by atoms with E-state index in [1.54, 1.807) is 48.5 Å². The van der Waals surface area contributed by atoms with Crippen LogP contribution in [0.15, 0.2) is 72.8 Å². The normalized spacial score (nSPS) is 10.8. The number of hydrogen-bond acceptors (Lipinski definition) is 4. The molecule has 0 aliphatic heterocycles. The van der Waals surface area contributed by atoms with Crippen molar-refractivity contribution < 1.29 is 19.1 Å². The van der Waals surface area contributed by atoms with Crippen LogP contribution in [0.5, 0.6) is 11.5 Å². The summed E-state index contributed by atoms with van der Waals surface area (Å²) in [6, 6.07) is 21.4. The van der Waals surface area contributed by atoms with Crippen LogP contribution in [0.4, 0.5) is 11.4 Å². The van der Waals surface area contributed by atoms with Gasteiger partial charge in [-0.05, 0) is 73.2 Å². The van der Waals surface area contributed by atoms with Crippen molar-refractivity contribution in [1.82, 2.24) is 0 Å². The van der Waals surface area contributed by atoms with Gasteiger partial charge in [-0.1, -0.05) is 52.0 Å². The number of hydrogen-bond donors (Lipinski definition) is 2. The van der Waals surface area contributed by atoms with Crippen molar-refractivity contribution >= 4 is 23.2 Å². The first kappa shape index (κ1) is 26.8. The number of nitrogens with one attached hydrogen (secondary N) is 2. The maximum absolute atomic E-state index is 12.9. The number of anilines is 2. The zero-order chi connectivity index (χ0) is 25.9. The quantitative estimate of drug-likeness (QED) is 0.287. The third kappa shape index (κ3) is 8.15. The monoisotopic (exact) mass is 488 g/mol. The third-order valence-corrected chi connectivity index (χ3v) is 5.57. The minimum Gasteiger partial charge on any atom is -0.493 e. The zero-order valence-corrected chi connectivity index (χ0v) is 21.5. The molecule has 0 atom stereocenters. The molecule has 0 aliphatic rings. The van der Waals surface area contributed by atoms with E-state index in [0.717, 1.165) is 12.8 Å². The summed E-state index contributed by atoms with van der Waals surface area (Å²) < 4.78 is 11.7. The van der Waals surface area contributed by atoms with Crippen LogP contribution in [0.2, 0.25) is 0 Å². The second-order valence-electron chi connectivity index (χ2n) is 9.54. The molecule has 3 aromatic carbocycles. The van der Waals surface area contributed by atoms with Gasteiger partial charge >= 0.3 is 0 Å². The molecule has 3 rings (SSSR count). The molecule has 0 saturated carbocycles. The molecule has 0 aliphatic carbocycles. The fraction of sp³-hybridized carbons (Fsp3) is 0.333. The zero-order valence-electron chi connectivity index (χ0n) is 21.5. The maximum atomic E-state index is 12.9. The van der Waals surface area contributed by atoms with Gasteiger partial charge in [-0.15, -0.1) is 0 Å². The molecule has 0 spiro atoms. The second kappa shape index (κ2) is 13.3. The molecule has 0 heterocycles. The van der Waals surface area contributed by atoms with Crippen molar-refractivity contribution in [2.45, 2.75) is 40.5 Å². The Balaban J connectivity index is 1.61. The SMILES string of the molecule is CC(C)CCOc1ccccc1C(=O)Nc1ccc(NC(=O)c2ccccc2OCCC(C)C)cc1. The standard InChI is InChI=1S/C30H36N2O4/c1-21(2)17-19-35-27-11-7-5-9-25(27)29(33)31-23-13-15-24(16-14-23)32-30(34)26-10-6-8-12-28(26)36-20-18-22(3)4/h5-16,21-22H,17-20H2,1-4H3,(H,31,33)(H,32,34). The summed E-state index contributed by atoms with van der Waals surface area (Å²) >= 11 is 0. The molecular formula is C30H36N2O4. The Morgan fingerprint density at radius 3 is 1.33 bits per heavy atom. The van der Waals surface area contributed by atoms with E-state index in [1.165, 1.54) is 0 Å². The predicted octanol–water partition coefficient (Wildman–Crippen LogP) is 7.04. The van der Waals surface area contributed by atoms with Gasteiger partial charge in [-0.2, -0.15) is 0 Å². The molecule has 6 heteroatoms. The van der Waals surface area contributed by atoms with Gasteiger partial charge in [0.15, 0.2) is 0 Å². The van der Waals surface area contributed by atoms with Gasteiger partial charge < -0.3 is 20.1 Å². The summed E-state index contributed by atoms with van der Waals surface area (Å²) in [5.41, 5.74) is 2.19. The molecule has 0 unspecified atom stereocenters. The van der Waals surface area contributed by atoms with Gasteiger partial charge in [-0.25, -0.2) is 0 Å². The van der Waals surface area contributed by atoms with Crippen molar-refractivity contribution in [2.75, 3.05) is 23.8 Å². The van der Waals surface area contributed by atoms with Crippen molar-refractivity contribution in [3.8, 4) is 11.5 Å². The molecule has 0 saturated heterocycles. The van der Waals surface area contributed by atoms with Gasteiger partial charge in [0.25, 0.3) is 11.8 Å². The van der Waals surface area contributed by atoms with Gasteiger partial charge in [0.2, 0.25) is 0 Å². The Hall–Kier alpha value is -3.80. The fourth-order valence-electron chi connectivity index (χ4n) is 3.40. The van der Waals surface area contributed by atoms with Crippen molar-refractivity contribution in [3.63, 3.8) is 0 Å². The molecule has 190 valence electrons. The molecule has 6 nitrogen and oxygen atoms in total. The molecule has 36 heavy (non-hydrogen) atoms. The van der Waals surface area contributed by atoms with E-state index in [4.69, 9.17) is 9.47 Å². The van der Waals surface area contributed by atoms with Crippen molar-refractivity contribution in [3.05, 3.63) is 83.9 Å². The van der Waals surface area contributed by atoms with Crippen LogP contribution in [0, 0.1) is 11.8 Å². The van der Waals surface area contributed by atoms with Crippen LogP contribution < -0.4 is 20.1 Å². The number of amides is 2. The summed E-state index contributed by atoms with van der Waals surface area (Å²) in [6.07, 6.45) is 1.83. The topological polar surface area (TPSA) is 76.7 Å². The Morgan fingerprint density at radius 2 is 0.972 bits per heavy atom. The number of carbonyl (C=O) groups is 2. The second-order valence-corrected chi connectivity index (χ2v) is 9.54. The van der Waals surface area contributed by atoms with E-state index >= 15 is 0 Å². The van der Waals surface area contributed by atoms with E-state index < -0.39 is 0 Å². The van der Waals surface area contributed by atoms with E-state index in [0.29, 0.717) is 59.1 Å². The summed E-state index contributed by atoms with van der Waals surface area (Å²) in [5, 5.41) is 5.80. The summed E-state index contributed by atoms with van der Waals surface area (Å²) in [7, 11) is 0. The Labute approximate surface area is 214 Å². The van der Waals surface area contributed by atoms with Crippen LogP contribution in [0.1, 0.15) is 61.3 Å². The van der Waals surface area contributed by atoms with Gasteiger partial charge in [0, 0.05) is 11.4 Å². The highest BCUT2D eigenvalue weighted by Gasteiger charge is 2.14. The first-order valence-corrected chi connectivity index (χ1v) is 12.5. The lowest BCUT2D eigenvalue weighted by Gasteiger charge is -2.14. The molecule has 2 N–H and O–H groups in total. The summed E-state index contributed by atoms with van der Waals surface area (Å²) in [6.45, 7) is 9.65. The van der Waals surface area contributed by atoms with Crippen molar-refractivity contribution in [2.24, 2.45) is 11.8 Å². The lowest BCUT2D eigenvalue weighted by atomic mass is 10.1. The smallest absolute Gasteiger partial charge is 0.259 e. The molecule has 3 aromatic rings. The fourth-order valence-corrected chi connectivity index (χ4v) is 3.40. The summed E-state index contributed by atoms with van der Waals surface area (Å²) in [4.78, 5) is 25.7. The average Bonchev–Trinajstić information content (AvgIpc) is 2.85. The molecular weight excluding hydrogens is 452 g/mol. The third-order valence-electron chi connectivity index (χ3n) is 5.57. The first-order chi connectivity index (χ1) is 17.3. The van der Waals surface area contributed by atoms with Crippen LogP contribution >= 0.6 is 0 Å². The van der Waals surface area contributed by atoms with E-state index in [1.807, 2.05) is 24.3 Å². The van der Waals surface area contributed by atoms with Crippen LogP contribution in [0.3, 0.4) is 0 Å². The Morgan fingerprint density at radius 1 is 0.611 bits per heavy atom. The van der Waals surface area contributed by atoms with Gasteiger partial charge in [-0.3, -0.25) is 9.59 Å². The number of benzene rings is 3. The molecule has 0 fully saturated rings. The highest BCUT2D eigenvalue weighted by molar-refractivity contribution is 6.07. The minimum atomic E-state index is -0.251. The molecule has 0 bridgehead atoms.